The van der Waals surface area contributed by atoms with Crippen molar-refractivity contribution in [2.45, 2.75) is 44.2 Å². The first-order chi connectivity index (χ1) is 17.3. The third-order valence-corrected chi connectivity index (χ3v) is 8.05. The Balaban J connectivity index is 1.74. The third-order valence-electron chi connectivity index (χ3n) is 5.55. The second-order valence-electron chi connectivity index (χ2n) is 7.91. The molecule has 3 heterocycles. The molecule has 0 spiro atoms. The number of anilines is 1. The molecule has 1 aliphatic rings. The lowest BCUT2D eigenvalue weighted by Crippen LogP contribution is -2.43. The summed E-state index contributed by atoms with van der Waals surface area (Å²) in [6.07, 6.45) is 6.80. The molecule has 0 radical (unpaired) electrons. The molecule has 1 unspecified atom stereocenters. The molecule has 0 fully saturated rings. The molecule has 1 aromatic carbocycles. The van der Waals surface area contributed by atoms with Gasteiger partial charge in [-0.3, -0.25) is 13.8 Å². The molecule has 36 heavy (non-hydrogen) atoms. The number of nitrogens with zero attached hydrogens (tertiary/aromatic N) is 4. The van der Waals surface area contributed by atoms with E-state index < -0.39 is 16.1 Å². The van der Waals surface area contributed by atoms with Crippen LogP contribution in [0.25, 0.3) is 12.2 Å². The molecule has 0 N–H and O–H groups in total. The van der Waals surface area contributed by atoms with Crippen LogP contribution in [-0.4, -0.2) is 55.5 Å². The summed E-state index contributed by atoms with van der Waals surface area (Å²) in [5.41, 5.74) is 1.19. The third kappa shape index (κ3) is 5.54. The van der Waals surface area contributed by atoms with Crippen LogP contribution in [0.15, 0.2) is 40.9 Å². The van der Waals surface area contributed by atoms with Gasteiger partial charge in [-0.25, -0.2) is 13.4 Å². The highest BCUT2D eigenvalue weighted by Gasteiger charge is 2.37. The Morgan fingerprint density at radius 3 is 2.83 bits per heavy atom. The molecule has 12 heteroatoms. The maximum atomic E-state index is 14.0. The van der Waals surface area contributed by atoms with Crippen molar-refractivity contribution in [2.75, 3.05) is 24.6 Å². The Hall–Kier alpha value is -3.38. The fourth-order valence-electron chi connectivity index (χ4n) is 3.76. The second kappa shape index (κ2) is 11.1. The van der Waals surface area contributed by atoms with E-state index in [1.807, 2.05) is 30.5 Å². The van der Waals surface area contributed by atoms with Crippen LogP contribution in [0.2, 0.25) is 0 Å². The molecule has 1 atom stereocenters. The maximum absolute atomic E-state index is 14.0. The summed E-state index contributed by atoms with van der Waals surface area (Å²) in [5, 5.41) is 7.00. The SMILES string of the molecule is CCOc1nn(CC)cc1S(=O)(=O)N1CC(CCC(=O)OC)Oc2ccc(C=Cc3nccs3)cc21. The number of hydrogen-bond acceptors (Lipinski definition) is 9. The minimum absolute atomic E-state index is 0.0190. The molecule has 0 bridgehead atoms. The highest BCUT2D eigenvalue weighted by Crippen LogP contribution is 2.40. The predicted molar refractivity (Wildman–Crippen MR) is 137 cm³/mol. The van der Waals surface area contributed by atoms with Gasteiger partial charge in [0, 0.05) is 30.7 Å². The average molecular weight is 533 g/mol. The Kier molecular flexibility index (Phi) is 7.94. The Morgan fingerprint density at radius 2 is 2.14 bits per heavy atom. The number of benzene rings is 1. The fraction of sp³-hybridized carbons (Fsp3) is 0.375. The van der Waals surface area contributed by atoms with Crippen LogP contribution in [0, 0.1) is 0 Å². The van der Waals surface area contributed by atoms with Crippen LogP contribution in [-0.2, 0) is 26.1 Å². The molecule has 3 aromatic rings. The molecule has 0 saturated carbocycles. The minimum Gasteiger partial charge on any atom is -0.486 e. The largest absolute Gasteiger partial charge is 0.486 e. The molecule has 192 valence electrons. The van der Waals surface area contributed by atoms with E-state index in [-0.39, 0.29) is 36.3 Å². The normalized spacial score (nSPS) is 15.5. The van der Waals surface area contributed by atoms with Crippen molar-refractivity contribution in [3.63, 3.8) is 0 Å². The molecule has 4 rings (SSSR count). The lowest BCUT2D eigenvalue weighted by atomic mass is 10.1. The van der Waals surface area contributed by atoms with Gasteiger partial charge in [-0.2, -0.15) is 0 Å². The summed E-state index contributed by atoms with van der Waals surface area (Å²) in [6.45, 7) is 4.43. The number of carbonyl (C=O) groups excluding carboxylic acids is 1. The maximum Gasteiger partial charge on any atom is 0.305 e. The summed E-state index contributed by atoms with van der Waals surface area (Å²) in [7, 11) is -2.76. The molecule has 0 amide bonds. The zero-order valence-corrected chi connectivity index (χ0v) is 21.9. The zero-order chi connectivity index (χ0) is 25.7. The van der Waals surface area contributed by atoms with Gasteiger partial charge in [0.25, 0.3) is 15.9 Å². The van der Waals surface area contributed by atoms with Gasteiger partial charge in [0.1, 0.15) is 16.9 Å². The number of hydrogen-bond donors (Lipinski definition) is 0. The number of aromatic nitrogens is 3. The minimum atomic E-state index is -4.08. The van der Waals surface area contributed by atoms with Crippen molar-refractivity contribution in [2.24, 2.45) is 0 Å². The monoisotopic (exact) mass is 532 g/mol. The summed E-state index contributed by atoms with van der Waals surface area (Å²) in [4.78, 5) is 15.9. The number of rotatable bonds is 10. The molecule has 0 saturated heterocycles. The second-order valence-corrected chi connectivity index (χ2v) is 10.7. The predicted octanol–water partition coefficient (Wildman–Crippen LogP) is 3.84. The van der Waals surface area contributed by atoms with Gasteiger partial charge in [-0.1, -0.05) is 12.1 Å². The Morgan fingerprint density at radius 1 is 1.31 bits per heavy atom. The van der Waals surface area contributed by atoms with E-state index in [0.717, 1.165) is 10.6 Å². The average Bonchev–Trinajstić information content (AvgIpc) is 3.56. The zero-order valence-electron chi connectivity index (χ0n) is 20.3. The number of sulfonamides is 1. The smallest absolute Gasteiger partial charge is 0.305 e. The van der Waals surface area contributed by atoms with Crippen LogP contribution >= 0.6 is 11.3 Å². The van der Waals surface area contributed by atoms with E-state index in [9.17, 15) is 13.2 Å². The molecule has 1 aliphatic heterocycles. The van der Waals surface area contributed by atoms with Gasteiger partial charge in [0.05, 0.1) is 25.9 Å². The van der Waals surface area contributed by atoms with Crippen molar-refractivity contribution in [3.8, 4) is 11.6 Å². The summed E-state index contributed by atoms with van der Waals surface area (Å²) in [6, 6.07) is 5.35. The Labute approximate surface area is 214 Å². The molecule has 2 aromatic heterocycles. The van der Waals surface area contributed by atoms with Crippen LogP contribution < -0.4 is 13.8 Å². The lowest BCUT2D eigenvalue weighted by molar-refractivity contribution is -0.141. The van der Waals surface area contributed by atoms with Gasteiger partial charge >= 0.3 is 5.97 Å². The van der Waals surface area contributed by atoms with Crippen molar-refractivity contribution in [1.29, 1.82) is 0 Å². The number of esters is 1. The number of fused-ring (bicyclic) bond motifs is 1. The van der Waals surface area contributed by atoms with E-state index in [4.69, 9.17) is 14.2 Å². The summed E-state index contributed by atoms with van der Waals surface area (Å²) >= 11 is 1.50. The lowest BCUT2D eigenvalue weighted by Gasteiger charge is -2.35. The van der Waals surface area contributed by atoms with Gasteiger partial charge in [0.15, 0.2) is 4.90 Å². The van der Waals surface area contributed by atoms with Crippen LogP contribution in [0.5, 0.6) is 11.6 Å². The first kappa shape index (κ1) is 25.7. The standard InChI is InChI=1S/C24H28N4O6S2/c1-4-27-16-21(24(26-27)33-5-2)36(30,31)28-15-18(8-11-23(29)32-3)34-20-9-6-17(14-19(20)28)7-10-22-25-12-13-35-22/h6-7,9-10,12-14,16,18H,4-5,8,11,15H2,1-3H3. The first-order valence-corrected chi connectivity index (χ1v) is 13.9. The number of methoxy groups -OCH3 is 1. The van der Waals surface area contributed by atoms with Crippen molar-refractivity contribution >= 4 is 45.2 Å². The number of aryl methyl sites for hydroxylation is 1. The van der Waals surface area contributed by atoms with Crippen LogP contribution in [0.3, 0.4) is 0 Å². The van der Waals surface area contributed by atoms with Gasteiger partial charge in [-0.05, 0) is 44.0 Å². The highest BCUT2D eigenvalue weighted by atomic mass is 32.2. The highest BCUT2D eigenvalue weighted by molar-refractivity contribution is 7.93. The van der Waals surface area contributed by atoms with E-state index in [1.165, 1.54) is 33.6 Å². The number of thiazole rings is 1. The van der Waals surface area contributed by atoms with E-state index in [1.54, 1.807) is 25.3 Å². The van der Waals surface area contributed by atoms with E-state index in [2.05, 4.69) is 10.1 Å². The first-order valence-electron chi connectivity index (χ1n) is 11.5. The Bertz CT molecular complexity index is 1330. The summed E-state index contributed by atoms with van der Waals surface area (Å²) < 4.78 is 47.2. The van der Waals surface area contributed by atoms with Gasteiger partial charge in [0.2, 0.25) is 0 Å². The van der Waals surface area contributed by atoms with Crippen LogP contribution in [0.1, 0.15) is 37.3 Å². The topological polar surface area (TPSA) is 113 Å². The van der Waals surface area contributed by atoms with Crippen molar-refractivity contribution in [1.82, 2.24) is 14.8 Å². The van der Waals surface area contributed by atoms with E-state index in [0.29, 0.717) is 24.4 Å². The molecule has 10 nitrogen and oxygen atoms in total. The number of ether oxygens (including phenoxy) is 3. The van der Waals surface area contributed by atoms with Crippen molar-refractivity contribution in [3.05, 3.63) is 46.5 Å². The van der Waals surface area contributed by atoms with Gasteiger partial charge < -0.3 is 14.2 Å². The molecular weight excluding hydrogens is 504 g/mol. The van der Waals surface area contributed by atoms with E-state index >= 15 is 0 Å². The summed E-state index contributed by atoms with van der Waals surface area (Å²) in [5.74, 6) is 0.0783. The molecule has 0 aliphatic carbocycles. The van der Waals surface area contributed by atoms with Crippen LogP contribution in [0.4, 0.5) is 5.69 Å². The van der Waals surface area contributed by atoms with Crippen molar-refractivity contribution < 1.29 is 27.4 Å². The number of carbonyl (C=O) groups is 1. The quantitative estimate of drug-likeness (QED) is 0.362. The van der Waals surface area contributed by atoms with Gasteiger partial charge in [-0.15, -0.1) is 16.4 Å². The molecular formula is C24H28N4O6S2. The fourth-order valence-corrected chi connectivity index (χ4v) is 5.86.